The Labute approximate surface area is 119 Å². The first kappa shape index (κ1) is 14.5. The van der Waals surface area contributed by atoms with Gasteiger partial charge in [-0.3, -0.25) is 4.79 Å². The second-order valence-corrected chi connectivity index (χ2v) is 4.74. The Kier molecular flexibility index (Phi) is 4.68. The van der Waals surface area contributed by atoms with E-state index in [0.717, 1.165) is 12.1 Å². The summed E-state index contributed by atoms with van der Waals surface area (Å²) in [6, 6.07) is 6.84. The van der Waals surface area contributed by atoms with Crippen molar-refractivity contribution in [2.45, 2.75) is 11.6 Å². The van der Waals surface area contributed by atoms with E-state index in [9.17, 15) is 13.6 Å². The Balaban J connectivity index is 2.13. The van der Waals surface area contributed by atoms with Gasteiger partial charge in [-0.05, 0) is 30.5 Å². The Hall–Kier alpha value is -1.95. The van der Waals surface area contributed by atoms with Gasteiger partial charge in [0.2, 0.25) is 0 Å². The predicted molar refractivity (Wildman–Crippen MR) is 73.5 cm³/mol. The lowest BCUT2D eigenvalue weighted by molar-refractivity contribution is 0.0946. The molecule has 2 aromatic rings. The van der Waals surface area contributed by atoms with Gasteiger partial charge in [-0.15, -0.1) is 11.8 Å². The predicted octanol–water partition coefficient (Wildman–Crippen LogP) is 3.01. The average molecular weight is 294 g/mol. The molecule has 20 heavy (non-hydrogen) atoms. The molecule has 2 rings (SSSR count). The molecule has 0 unspecified atom stereocenters. The van der Waals surface area contributed by atoms with Crippen LogP contribution in [0.2, 0.25) is 0 Å². The number of hydrogen-bond acceptors (Lipinski definition) is 3. The smallest absolute Gasteiger partial charge is 0.254 e. The molecular weight excluding hydrogens is 282 g/mol. The van der Waals surface area contributed by atoms with Gasteiger partial charge in [-0.1, -0.05) is 6.07 Å². The Morgan fingerprint density at radius 2 is 1.95 bits per heavy atom. The van der Waals surface area contributed by atoms with Gasteiger partial charge in [-0.2, -0.15) is 0 Å². The first-order chi connectivity index (χ1) is 9.63. The molecule has 0 aliphatic rings. The molecule has 0 fully saturated rings. The normalized spacial score (nSPS) is 10.3. The number of aromatic nitrogens is 1. The average Bonchev–Trinajstić information content (AvgIpc) is 2.46. The van der Waals surface area contributed by atoms with E-state index in [1.54, 1.807) is 24.6 Å². The Morgan fingerprint density at radius 3 is 2.60 bits per heavy atom. The second-order valence-electron chi connectivity index (χ2n) is 3.94. The van der Waals surface area contributed by atoms with Crippen LogP contribution in [0.1, 0.15) is 15.9 Å². The number of hydrogen-bond donors (Lipinski definition) is 1. The number of thioether (sulfide) groups is 1. The fourth-order valence-electron chi connectivity index (χ4n) is 1.69. The van der Waals surface area contributed by atoms with E-state index in [-0.39, 0.29) is 12.1 Å². The number of rotatable bonds is 4. The Bertz CT molecular complexity index is 614. The van der Waals surface area contributed by atoms with Crippen LogP contribution >= 0.6 is 11.8 Å². The van der Waals surface area contributed by atoms with E-state index in [2.05, 4.69) is 10.3 Å². The van der Waals surface area contributed by atoms with Gasteiger partial charge in [0.15, 0.2) is 0 Å². The van der Waals surface area contributed by atoms with Crippen LogP contribution in [0.3, 0.4) is 0 Å². The highest BCUT2D eigenvalue weighted by atomic mass is 32.2. The quantitative estimate of drug-likeness (QED) is 0.881. The van der Waals surface area contributed by atoms with Crippen LogP contribution in [0.5, 0.6) is 0 Å². The van der Waals surface area contributed by atoms with Crippen LogP contribution in [-0.4, -0.2) is 17.1 Å². The topological polar surface area (TPSA) is 42.0 Å². The third-order valence-electron chi connectivity index (χ3n) is 2.70. The van der Waals surface area contributed by atoms with E-state index in [1.807, 2.05) is 0 Å². The SMILES string of the molecule is CSc1ncccc1C(=O)NCc1c(F)cccc1F. The van der Waals surface area contributed by atoms with Gasteiger partial charge in [0.25, 0.3) is 5.91 Å². The van der Waals surface area contributed by atoms with Crippen LogP contribution < -0.4 is 5.32 Å². The van der Waals surface area contributed by atoms with Gasteiger partial charge in [0, 0.05) is 18.3 Å². The number of pyridine rings is 1. The van der Waals surface area contributed by atoms with E-state index in [1.165, 1.54) is 17.8 Å². The minimum Gasteiger partial charge on any atom is -0.348 e. The van der Waals surface area contributed by atoms with Crippen molar-refractivity contribution in [1.82, 2.24) is 10.3 Å². The molecule has 6 heteroatoms. The maximum Gasteiger partial charge on any atom is 0.254 e. The first-order valence-corrected chi connectivity index (χ1v) is 7.06. The van der Waals surface area contributed by atoms with Gasteiger partial charge in [0.05, 0.1) is 5.56 Å². The molecule has 0 bridgehead atoms. The summed E-state index contributed by atoms with van der Waals surface area (Å²) >= 11 is 1.33. The van der Waals surface area contributed by atoms with Crippen molar-refractivity contribution >= 4 is 17.7 Å². The lowest BCUT2D eigenvalue weighted by Gasteiger charge is -2.09. The van der Waals surface area contributed by atoms with E-state index in [4.69, 9.17) is 0 Å². The summed E-state index contributed by atoms with van der Waals surface area (Å²) in [7, 11) is 0. The number of carbonyl (C=O) groups is 1. The third kappa shape index (κ3) is 3.14. The lowest BCUT2D eigenvalue weighted by atomic mass is 10.2. The Morgan fingerprint density at radius 1 is 1.25 bits per heavy atom. The van der Waals surface area contributed by atoms with Crippen LogP contribution in [0.25, 0.3) is 0 Å². The van der Waals surface area contributed by atoms with Crippen molar-refractivity contribution in [3.05, 3.63) is 59.3 Å². The molecule has 1 aromatic heterocycles. The number of halogens is 2. The number of nitrogens with one attached hydrogen (secondary N) is 1. The van der Waals surface area contributed by atoms with Crippen molar-refractivity contribution in [2.24, 2.45) is 0 Å². The third-order valence-corrected chi connectivity index (χ3v) is 3.41. The summed E-state index contributed by atoms with van der Waals surface area (Å²) in [6.07, 6.45) is 3.38. The minimum atomic E-state index is -0.679. The summed E-state index contributed by atoms with van der Waals surface area (Å²) < 4.78 is 26.9. The van der Waals surface area contributed by atoms with Gasteiger partial charge in [0.1, 0.15) is 16.7 Å². The largest absolute Gasteiger partial charge is 0.348 e. The summed E-state index contributed by atoms with van der Waals surface area (Å²) in [6.45, 7) is -0.208. The maximum absolute atomic E-state index is 13.4. The highest BCUT2D eigenvalue weighted by molar-refractivity contribution is 7.98. The molecule has 0 aliphatic carbocycles. The molecule has 1 aromatic carbocycles. The molecule has 1 heterocycles. The zero-order valence-corrected chi connectivity index (χ0v) is 11.5. The van der Waals surface area contributed by atoms with Crippen molar-refractivity contribution < 1.29 is 13.6 Å². The monoisotopic (exact) mass is 294 g/mol. The molecule has 0 spiro atoms. The molecule has 0 atom stereocenters. The molecular formula is C14H12F2N2OS. The van der Waals surface area contributed by atoms with Crippen molar-refractivity contribution in [2.75, 3.05) is 6.26 Å². The summed E-state index contributed by atoms with van der Waals surface area (Å²) in [4.78, 5) is 16.1. The van der Waals surface area contributed by atoms with E-state index >= 15 is 0 Å². The summed E-state index contributed by atoms with van der Waals surface area (Å²) in [5.41, 5.74) is 0.229. The maximum atomic E-state index is 13.4. The zero-order valence-electron chi connectivity index (χ0n) is 10.7. The number of carbonyl (C=O) groups excluding carboxylic acids is 1. The molecule has 1 N–H and O–H groups in total. The molecule has 3 nitrogen and oxygen atoms in total. The lowest BCUT2D eigenvalue weighted by Crippen LogP contribution is -2.24. The minimum absolute atomic E-state index is 0.157. The first-order valence-electron chi connectivity index (χ1n) is 5.83. The van der Waals surface area contributed by atoms with Crippen LogP contribution in [-0.2, 0) is 6.54 Å². The standard InChI is InChI=1S/C14H12F2N2OS/c1-20-14-9(4-3-7-17-14)13(19)18-8-10-11(15)5-2-6-12(10)16/h2-7H,8H2,1H3,(H,18,19). The van der Waals surface area contributed by atoms with Gasteiger partial charge >= 0.3 is 0 Å². The number of amides is 1. The van der Waals surface area contributed by atoms with Crippen molar-refractivity contribution in [1.29, 1.82) is 0 Å². The van der Waals surface area contributed by atoms with Crippen LogP contribution in [0.4, 0.5) is 8.78 Å². The van der Waals surface area contributed by atoms with Crippen molar-refractivity contribution in [3.63, 3.8) is 0 Å². The molecule has 0 saturated carbocycles. The highest BCUT2D eigenvalue weighted by Crippen LogP contribution is 2.17. The fourth-order valence-corrected chi connectivity index (χ4v) is 2.24. The molecule has 0 saturated heterocycles. The summed E-state index contributed by atoms with van der Waals surface area (Å²) in [5.74, 6) is -1.77. The summed E-state index contributed by atoms with van der Waals surface area (Å²) in [5, 5.41) is 3.07. The van der Waals surface area contributed by atoms with E-state index < -0.39 is 17.5 Å². The number of nitrogens with zero attached hydrogens (tertiary/aromatic N) is 1. The highest BCUT2D eigenvalue weighted by Gasteiger charge is 2.14. The molecule has 1 amide bonds. The molecule has 0 radical (unpaired) electrons. The van der Waals surface area contributed by atoms with Gasteiger partial charge in [-0.25, -0.2) is 13.8 Å². The van der Waals surface area contributed by atoms with E-state index in [0.29, 0.717) is 10.6 Å². The molecule has 0 aliphatic heterocycles. The van der Waals surface area contributed by atoms with Crippen LogP contribution in [0, 0.1) is 11.6 Å². The van der Waals surface area contributed by atoms with Crippen molar-refractivity contribution in [3.8, 4) is 0 Å². The molecule has 104 valence electrons. The fraction of sp³-hybridized carbons (Fsp3) is 0.143. The number of benzene rings is 1. The zero-order chi connectivity index (χ0) is 14.5. The van der Waals surface area contributed by atoms with Crippen LogP contribution in [0.15, 0.2) is 41.6 Å². The second kappa shape index (κ2) is 6.47. The van der Waals surface area contributed by atoms with Gasteiger partial charge < -0.3 is 5.32 Å².